The van der Waals surface area contributed by atoms with Crippen LogP contribution in [0.1, 0.15) is 38.1 Å². The molecule has 1 saturated heterocycles. The first-order valence-electron chi connectivity index (χ1n) is 6.96. The molecule has 0 amide bonds. The number of hydrogen-bond donors (Lipinski definition) is 2. The molecule has 2 rings (SSSR count). The highest BCUT2D eigenvalue weighted by Gasteiger charge is 2.35. The lowest BCUT2D eigenvalue weighted by molar-refractivity contribution is 0.195. The van der Waals surface area contributed by atoms with Crippen LogP contribution in [-0.4, -0.2) is 43.1 Å². The summed E-state index contributed by atoms with van der Waals surface area (Å²) in [7, 11) is -1.67. The van der Waals surface area contributed by atoms with Crippen molar-refractivity contribution in [3.8, 4) is 0 Å². The molecule has 0 aliphatic carbocycles. The summed E-state index contributed by atoms with van der Waals surface area (Å²) in [5, 5.41) is 9.85. The quantitative estimate of drug-likeness (QED) is 0.877. The smallest absolute Gasteiger partial charge is 0.246 e. The van der Waals surface area contributed by atoms with Gasteiger partial charge in [0.25, 0.3) is 0 Å². The van der Waals surface area contributed by atoms with Gasteiger partial charge < -0.3 is 5.32 Å². The number of aromatic amines is 1. The molecule has 0 saturated carbocycles. The first-order chi connectivity index (χ1) is 9.28. The Kier molecular flexibility index (Phi) is 4.22. The highest BCUT2D eigenvalue weighted by atomic mass is 32.2. The number of hydrogen-bond acceptors (Lipinski definition) is 4. The predicted molar refractivity (Wildman–Crippen MR) is 77.9 cm³/mol. The molecule has 1 aliphatic heterocycles. The van der Waals surface area contributed by atoms with Crippen molar-refractivity contribution in [2.75, 3.05) is 20.1 Å². The first-order valence-corrected chi connectivity index (χ1v) is 8.40. The second-order valence-corrected chi connectivity index (χ2v) is 8.10. The number of piperidine rings is 1. The van der Waals surface area contributed by atoms with E-state index in [2.05, 4.69) is 29.4 Å². The lowest BCUT2D eigenvalue weighted by Gasteiger charge is -2.36. The number of aryl methyl sites for hydroxylation is 1. The molecule has 1 aromatic heterocycles. The van der Waals surface area contributed by atoms with E-state index in [9.17, 15) is 8.42 Å². The molecule has 1 fully saturated rings. The van der Waals surface area contributed by atoms with Gasteiger partial charge in [0.15, 0.2) is 0 Å². The Hall–Kier alpha value is -0.920. The molecule has 2 N–H and O–H groups in total. The summed E-state index contributed by atoms with van der Waals surface area (Å²) in [6.07, 6.45) is 1.79. The molecular weight excluding hydrogens is 276 g/mol. The fourth-order valence-corrected chi connectivity index (χ4v) is 4.33. The number of sulfonamides is 1. The maximum absolute atomic E-state index is 12.8. The Morgan fingerprint density at radius 2 is 1.95 bits per heavy atom. The molecule has 0 atom stereocenters. The molecule has 7 heteroatoms. The van der Waals surface area contributed by atoms with E-state index in [0.717, 1.165) is 12.8 Å². The third-order valence-corrected chi connectivity index (χ3v) is 6.08. The van der Waals surface area contributed by atoms with Crippen molar-refractivity contribution >= 4 is 10.0 Å². The van der Waals surface area contributed by atoms with Crippen LogP contribution in [0, 0.1) is 12.3 Å². The van der Waals surface area contributed by atoms with Crippen LogP contribution in [0.4, 0.5) is 0 Å². The topological polar surface area (TPSA) is 78.1 Å². The van der Waals surface area contributed by atoms with Gasteiger partial charge >= 0.3 is 0 Å². The lowest BCUT2D eigenvalue weighted by Crippen LogP contribution is -2.41. The van der Waals surface area contributed by atoms with Gasteiger partial charge in [-0.05, 0) is 32.2 Å². The van der Waals surface area contributed by atoms with Gasteiger partial charge in [-0.3, -0.25) is 5.10 Å². The minimum Gasteiger partial charge on any atom is -0.314 e. The highest BCUT2D eigenvalue weighted by molar-refractivity contribution is 7.89. The molecule has 0 bridgehead atoms. The fourth-order valence-electron chi connectivity index (χ4n) is 2.56. The molecular formula is C13H24N4O2S. The second kappa shape index (κ2) is 5.46. The number of nitrogens with zero attached hydrogens (tertiary/aromatic N) is 2. The second-order valence-electron chi connectivity index (χ2n) is 6.22. The predicted octanol–water partition coefficient (Wildman–Crippen LogP) is 1.25. The summed E-state index contributed by atoms with van der Waals surface area (Å²) >= 11 is 0. The van der Waals surface area contributed by atoms with Crippen molar-refractivity contribution < 1.29 is 8.42 Å². The average molecular weight is 300 g/mol. The third-order valence-electron chi connectivity index (χ3n) is 3.98. The zero-order valence-electron chi connectivity index (χ0n) is 12.7. The van der Waals surface area contributed by atoms with Crippen LogP contribution < -0.4 is 5.32 Å². The van der Waals surface area contributed by atoms with E-state index in [1.807, 2.05) is 0 Å². The monoisotopic (exact) mass is 300 g/mol. The Morgan fingerprint density at radius 3 is 2.50 bits per heavy atom. The number of aromatic nitrogens is 2. The third kappa shape index (κ3) is 2.89. The van der Waals surface area contributed by atoms with Crippen molar-refractivity contribution in [3.63, 3.8) is 0 Å². The standard InChI is InChI=1S/C13H24N4O2S/c1-10-12(11(9-14-4)16-15-10)20(18,19)17-7-5-13(2,3)6-8-17/h14H,5-9H2,1-4H3,(H,15,16). The lowest BCUT2D eigenvalue weighted by atomic mass is 9.83. The molecule has 1 aliphatic rings. The summed E-state index contributed by atoms with van der Waals surface area (Å²) in [5.74, 6) is 0. The van der Waals surface area contributed by atoms with E-state index < -0.39 is 10.0 Å². The minimum absolute atomic E-state index is 0.227. The van der Waals surface area contributed by atoms with Crippen LogP contribution in [0.3, 0.4) is 0 Å². The van der Waals surface area contributed by atoms with E-state index in [1.165, 1.54) is 0 Å². The summed E-state index contributed by atoms with van der Waals surface area (Å²) in [6.45, 7) is 7.74. The van der Waals surface area contributed by atoms with Gasteiger partial charge in [0.2, 0.25) is 10.0 Å². The van der Waals surface area contributed by atoms with E-state index in [-0.39, 0.29) is 5.41 Å². The molecule has 0 aromatic carbocycles. The Morgan fingerprint density at radius 1 is 1.35 bits per heavy atom. The van der Waals surface area contributed by atoms with Crippen molar-refractivity contribution in [2.45, 2.75) is 45.1 Å². The molecule has 0 radical (unpaired) electrons. The SMILES string of the molecule is CNCc1n[nH]c(C)c1S(=O)(=O)N1CCC(C)(C)CC1. The van der Waals surface area contributed by atoms with Crippen LogP contribution in [0.2, 0.25) is 0 Å². The zero-order chi connectivity index (χ0) is 15.0. The van der Waals surface area contributed by atoms with Gasteiger partial charge in [-0.25, -0.2) is 8.42 Å². The Bertz CT molecular complexity index is 567. The molecule has 20 heavy (non-hydrogen) atoms. The number of H-pyrrole nitrogens is 1. The zero-order valence-corrected chi connectivity index (χ0v) is 13.5. The van der Waals surface area contributed by atoms with Gasteiger partial charge in [0.05, 0.1) is 11.4 Å². The molecule has 2 heterocycles. The van der Waals surface area contributed by atoms with E-state index >= 15 is 0 Å². The maximum atomic E-state index is 12.8. The van der Waals surface area contributed by atoms with Crippen LogP contribution in [0.15, 0.2) is 4.90 Å². The van der Waals surface area contributed by atoms with Crippen LogP contribution in [-0.2, 0) is 16.6 Å². The van der Waals surface area contributed by atoms with Crippen molar-refractivity contribution in [2.24, 2.45) is 5.41 Å². The summed E-state index contributed by atoms with van der Waals surface area (Å²) < 4.78 is 27.2. The van der Waals surface area contributed by atoms with Gasteiger partial charge in [-0.2, -0.15) is 9.40 Å². The van der Waals surface area contributed by atoms with E-state index in [0.29, 0.717) is 35.9 Å². The summed E-state index contributed by atoms with van der Waals surface area (Å²) in [6, 6.07) is 0. The number of nitrogens with one attached hydrogen (secondary N) is 2. The largest absolute Gasteiger partial charge is 0.314 e. The van der Waals surface area contributed by atoms with Crippen LogP contribution in [0.5, 0.6) is 0 Å². The van der Waals surface area contributed by atoms with Gasteiger partial charge in [-0.15, -0.1) is 0 Å². The Labute approximate surface area is 121 Å². The fraction of sp³-hybridized carbons (Fsp3) is 0.769. The van der Waals surface area contributed by atoms with Gasteiger partial charge in [0.1, 0.15) is 4.90 Å². The van der Waals surface area contributed by atoms with Crippen molar-refractivity contribution in [3.05, 3.63) is 11.4 Å². The van der Waals surface area contributed by atoms with Crippen LogP contribution in [0.25, 0.3) is 0 Å². The Balaban J connectivity index is 2.29. The highest BCUT2D eigenvalue weighted by Crippen LogP contribution is 2.33. The van der Waals surface area contributed by atoms with E-state index in [4.69, 9.17) is 0 Å². The molecule has 6 nitrogen and oxygen atoms in total. The summed E-state index contributed by atoms with van der Waals surface area (Å²) in [5.41, 5.74) is 1.40. The van der Waals surface area contributed by atoms with Gasteiger partial charge in [0, 0.05) is 19.6 Å². The van der Waals surface area contributed by atoms with Crippen molar-refractivity contribution in [1.82, 2.24) is 19.8 Å². The molecule has 1 aromatic rings. The summed E-state index contributed by atoms with van der Waals surface area (Å²) in [4.78, 5) is 0.339. The number of rotatable bonds is 4. The van der Waals surface area contributed by atoms with E-state index in [1.54, 1.807) is 18.3 Å². The average Bonchev–Trinajstić information content (AvgIpc) is 2.71. The van der Waals surface area contributed by atoms with Crippen LogP contribution >= 0.6 is 0 Å². The van der Waals surface area contributed by atoms with Crippen molar-refractivity contribution in [1.29, 1.82) is 0 Å². The minimum atomic E-state index is -3.45. The normalized spacial score (nSPS) is 20.2. The maximum Gasteiger partial charge on any atom is 0.246 e. The molecule has 114 valence electrons. The van der Waals surface area contributed by atoms with Gasteiger partial charge in [-0.1, -0.05) is 13.8 Å². The first kappa shape index (κ1) is 15.5. The molecule has 0 spiro atoms. The molecule has 0 unspecified atom stereocenters.